The lowest BCUT2D eigenvalue weighted by molar-refractivity contribution is -0.231. The molecular formula is C19H24O6. The molecule has 1 fully saturated rings. The topological polar surface area (TPSA) is 71.1 Å². The van der Waals surface area contributed by atoms with Crippen LogP contribution in [0.5, 0.6) is 0 Å². The lowest BCUT2D eigenvalue weighted by atomic mass is 9.73. The van der Waals surface area contributed by atoms with Gasteiger partial charge in [-0.3, -0.25) is 4.79 Å². The number of hydrogen-bond acceptors (Lipinski definition) is 6. The van der Waals surface area contributed by atoms with Gasteiger partial charge in [-0.25, -0.2) is 4.79 Å². The predicted octanol–water partition coefficient (Wildman–Crippen LogP) is 2.62. The molecule has 0 spiro atoms. The van der Waals surface area contributed by atoms with Crippen molar-refractivity contribution in [2.24, 2.45) is 5.41 Å². The van der Waals surface area contributed by atoms with Gasteiger partial charge in [0, 0.05) is 20.5 Å². The fourth-order valence-electron chi connectivity index (χ4n) is 3.12. The molecule has 0 radical (unpaired) electrons. The fraction of sp³-hybridized carbons (Fsp3) is 0.474. The Labute approximate surface area is 147 Å². The summed E-state index contributed by atoms with van der Waals surface area (Å²) in [5.74, 6) is -1.90. The van der Waals surface area contributed by atoms with E-state index in [9.17, 15) is 9.59 Å². The summed E-state index contributed by atoms with van der Waals surface area (Å²) in [6, 6.07) is 9.57. The van der Waals surface area contributed by atoms with Crippen molar-refractivity contribution >= 4 is 11.9 Å². The van der Waals surface area contributed by atoms with Crippen LogP contribution in [0.1, 0.15) is 25.8 Å². The van der Waals surface area contributed by atoms with Crippen molar-refractivity contribution in [3.05, 3.63) is 47.7 Å². The van der Waals surface area contributed by atoms with Gasteiger partial charge in [0.05, 0.1) is 19.8 Å². The zero-order valence-corrected chi connectivity index (χ0v) is 15.0. The molecular weight excluding hydrogens is 324 g/mol. The summed E-state index contributed by atoms with van der Waals surface area (Å²) in [5.41, 5.74) is -0.166. The van der Waals surface area contributed by atoms with Crippen LogP contribution in [0.2, 0.25) is 0 Å². The summed E-state index contributed by atoms with van der Waals surface area (Å²) in [7, 11) is 2.76. The normalized spacial score (nSPS) is 27.0. The van der Waals surface area contributed by atoms with Crippen LogP contribution in [-0.2, 0) is 35.0 Å². The van der Waals surface area contributed by atoms with Crippen LogP contribution in [0.15, 0.2) is 42.2 Å². The number of allylic oxidation sites excluding steroid dienone is 1. The molecule has 0 saturated carbocycles. The molecule has 25 heavy (non-hydrogen) atoms. The van der Waals surface area contributed by atoms with Crippen molar-refractivity contribution in [1.82, 2.24) is 0 Å². The third-order valence-corrected chi connectivity index (χ3v) is 4.56. The molecule has 0 amide bonds. The minimum atomic E-state index is -1.27. The van der Waals surface area contributed by atoms with Gasteiger partial charge in [-0.1, -0.05) is 30.3 Å². The number of esters is 2. The van der Waals surface area contributed by atoms with Gasteiger partial charge in [-0.2, -0.15) is 0 Å². The van der Waals surface area contributed by atoms with E-state index < -0.39 is 23.1 Å². The molecule has 2 rings (SSSR count). The number of methoxy groups -OCH3 is 2. The molecule has 2 atom stereocenters. The van der Waals surface area contributed by atoms with E-state index in [-0.39, 0.29) is 13.0 Å². The quantitative estimate of drug-likeness (QED) is 0.581. The molecule has 1 aromatic rings. The molecule has 6 heteroatoms. The Hall–Kier alpha value is -2.34. The van der Waals surface area contributed by atoms with E-state index in [0.717, 1.165) is 5.56 Å². The van der Waals surface area contributed by atoms with Crippen molar-refractivity contribution in [1.29, 1.82) is 0 Å². The maximum atomic E-state index is 12.9. The van der Waals surface area contributed by atoms with Crippen LogP contribution in [0.4, 0.5) is 0 Å². The van der Waals surface area contributed by atoms with Crippen molar-refractivity contribution in [3.8, 4) is 0 Å². The molecule has 6 nitrogen and oxygen atoms in total. The Kier molecular flexibility index (Phi) is 5.85. The third kappa shape index (κ3) is 3.69. The van der Waals surface area contributed by atoms with E-state index in [1.54, 1.807) is 13.8 Å². The van der Waals surface area contributed by atoms with Gasteiger partial charge in [0.25, 0.3) is 0 Å². The van der Waals surface area contributed by atoms with E-state index in [1.807, 2.05) is 30.3 Å². The van der Waals surface area contributed by atoms with E-state index in [1.165, 1.54) is 20.3 Å². The largest absolute Gasteiger partial charge is 0.466 e. The van der Waals surface area contributed by atoms with Gasteiger partial charge < -0.3 is 18.9 Å². The monoisotopic (exact) mass is 348 g/mol. The van der Waals surface area contributed by atoms with Crippen LogP contribution in [0.3, 0.4) is 0 Å². The molecule has 1 aliphatic heterocycles. The first-order valence-corrected chi connectivity index (χ1v) is 8.14. The number of hydrogen-bond donors (Lipinski definition) is 0. The van der Waals surface area contributed by atoms with Crippen molar-refractivity contribution in [3.63, 3.8) is 0 Å². The highest BCUT2D eigenvalue weighted by molar-refractivity contribution is 5.84. The van der Waals surface area contributed by atoms with Gasteiger partial charge in [0.1, 0.15) is 11.2 Å². The highest BCUT2D eigenvalue weighted by Crippen LogP contribution is 2.51. The van der Waals surface area contributed by atoms with Gasteiger partial charge in [0.15, 0.2) is 0 Å². The average molecular weight is 348 g/mol. The zero-order chi connectivity index (χ0) is 18.5. The average Bonchev–Trinajstić information content (AvgIpc) is 2.89. The maximum Gasteiger partial charge on any atom is 0.333 e. The molecule has 0 unspecified atom stereocenters. The number of carbonyl (C=O) groups is 2. The molecule has 136 valence electrons. The summed E-state index contributed by atoms with van der Waals surface area (Å²) < 4.78 is 21.4. The summed E-state index contributed by atoms with van der Waals surface area (Å²) >= 11 is 0. The summed E-state index contributed by atoms with van der Waals surface area (Å²) in [5, 5.41) is 0. The molecule has 0 aromatic heterocycles. The summed E-state index contributed by atoms with van der Waals surface area (Å²) in [6.07, 6.45) is 1.78. The Balaban J connectivity index is 2.49. The Morgan fingerprint density at radius 2 is 1.92 bits per heavy atom. The van der Waals surface area contributed by atoms with Gasteiger partial charge >= 0.3 is 11.9 Å². The van der Waals surface area contributed by atoms with Gasteiger partial charge in [0.2, 0.25) is 5.79 Å². The molecule has 1 aliphatic rings. The Morgan fingerprint density at radius 1 is 1.24 bits per heavy atom. The predicted molar refractivity (Wildman–Crippen MR) is 90.4 cm³/mol. The minimum Gasteiger partial charge on any atom is -0.466 e. The number of carbonyl (C=O) groups excluding carboxylic acids is 2. The highest BCUT2D eigenvalue weighted by atomic mass is 16.7. The number of ether oxygens (including phenoxy) is 4. The van der Waals surface area contributed by atoms with Crippen molar-refractivity contribution in [2.45, 2.75) is 32.5 Å². The highest BCUT2D eigenvalue weighted by Gasteiger charge is 2.63. The van der Waals surface area contributed by atoms with E-state index in [2.05, 4.69) is 4.74 Å². The molecule has 1 saturated heterocycles. The summed E-state index contributed by atoms with van der Waals surface area (Å²) in [4.78, 5) is 24.5. The second-order valence-corrected chi connectivity index (χ2v) is 6.03. The van der Waals surface area contributed by atoms with Crippen LogP contribution < -0.4 is 0 Å². The second kappa shape index (κ2) is 7.70. The van der Waals surface area contributed by atoms with Crippen LogP contribution in [-0.4, -0.2) is 38.6 Å². The van der Waals surface area contributed by atoms with Gasteiger partial charge in [-0.15, -0.1) is 0 Å². The fourth-order valence-corrected chi connectivity index (χ4v) is 3.12. The standard InChI is InChI=1S/C19H24O6/c1-5-24-17(21)19(12-14-9-7-6-8-10-14)13-15(11-16(20)22-3)25-18(19,2)23-4/h6-11H,5,12-13H2,1-4H3/b15-11+/t18-,19+/m1/s1. The zero-order valence-electron chi connectivity index (χ0n) is 15.0. The summed E-state index contributed by atoms with van der Waals surface area (Å²) in [6.45, 7) is 3.68. The first-order valence-electron chi connectivity index (χ1n) is 8.14. The second-order valence-electron chi connectivity index (χ2n) is 6.03. The lowest BCUT2D eigenvalue weighted by Crippen LogP contribution is -2.51. The molecule has 1 heterocycles. The third-order valence-electron chi connectivity index (χ3n) is 4.56. The maximum absolute atomic E-state index is 12.9. The van der Waals surface area contributed by atoms with Gasteiger partial charge in [-0.05, 0) is 18.9 Å². The molecule has 0 aliphatic carbocycles. The Bertz CT molecular complexity index is 653. The van der Waals surface area contributed by atoms with Crippen LogP contribution in [0, 0.1) is 5.41 Å². The molecule has 0 N–H and O–H groups in total. The smallest absolute Gasteiger partial charge is 0.333 e. The molecule has 1 aromatic carbocycles. The number of rotatable bonds is 6. The van der Waals surface area contributed by atoms with E-state index >= 15 is 0 Å². The van der Waals surface area contributed by atoms with E-state index in [4.69, 9.17) is 14.2 Å². The van der Waals surface area contributed by atoms with Crippen LogP contribution >= 0.6 is 0 Å². The van der Waals surface area contributed by atoms with Crippen molar-refractivity contribution < 1.29 is 28.5 Å². The first-order chi connectivity index (χ1) is 11.9. The van der Waals surface area contributed by atoms with Crippen molar-refractivity contribution in [2.75, 3.05) is 20.8 Å². The Morgan fingerprint density at radius 3 is 2.48 bits per heavy atom. The SMILES string of the molecule is CCOC(=O)[C@]1(Cc2ccccc2)C/C(=C\C(=O)OC)O[C@@]1(C)OC. The minimum absolute atomic E-state index is 0.181. The number of benzene rings is 1. The lowest BCUT2D eigenvalue weighted by Gasteiger charge is -2.38. The van der Waals surface area contributed by atoms with Crippen LogP contribution in [0.25, 0.3) is 0 Å². The van der Waals surface area contributed by atoms with E-state index in [0.29, 0.717) is 12.2 Å². The molecule has 0 bridgehead atoms. The first kappa shape index (κ1) is 19.0.